The fraction of sp³-hybridized carbons (Fsp3) is 0.308. The van der Waals surface area contributed by atoms with Crippen molar-refractivity contribution < 1.29 is 0 Å². The highest BCUT2D eigenvalue weighted by Gasteiger charge is 2.09. The van der Waals surface area contributed by atoms with E-state index < -0.39 is 0 Å². The van der Waals surface area contributed by atoms with E-state index in [2.05, 4.69) is 92.2 Å². The molecule has 0 atom stereocenters. The molecule has 0 unspecified atom stereocenters. The molecule has 10 heteroatoms. The van der Waals surface area contributed by atoms with Crippen LogP contribution in [-0.2, 0) is 0 Å². The molecule has 0 aliphatic carbocycles. The maximum Gasteiger partial charge on any atom is 0.230 e. The highest BCUT2D eigenvalue weighted by atomic mass is 32.1. The van der Waals surface area contributed by atoms with Gasteiger partial charge in [0, 0.05) is 49.9 Å². The van der Waals surface area contributed by atoms with E-state index in [1.54, 1.807) is 12.4 Å². The predicted molar refractivity (Wildman–Crippen MR) is 152 cm³/mol. The van der Waals surface area contributed by atoms with Gasteiger partial charge in [-0.2, -0.15) is 0 Å². The molecule has 4 aromatic rings. The van der Waals surface area contributed by atoms with E-state index in [0.29, 0.717) is 10.3 Å². The maximum atomic E-state index is 4.39. The molecule has 8 nitrogen and oxygen atoms in total. The van der Waals surface area contributed by atoms with Crippen LogP contribution in [0.15, 0.2) is 81.4 Å². The van der Waals surface area contributed by atoms with Crippen molar-refractivity contribution in [2.24, 2.45) is 20.5 Å². The van der Waals surface area contributed by atoms with Crippen LogP contribution in [-0.4, -0.2) is 36.1 Å². The van der Waals surface area contributed by atoms with Crippen LogP contribution in [0.5, 0.6) is 0 Å². The lowest BCUT2D eigenvalue weighted by molar-refractivity contribution is 0.866. The van der Waals surface area contributed by atoms with E-state index in [0.717, 1.165) is 47.3 Å². The van der Waals surface area contributed by atoms with E-state index in [1.807, 2.05) is 24.3 Å². The van der Waals surface area contributed by atoms with Crippen LogP contribution in [0, 0.1) is 0 Å². The number of hydrogen-bond acceptors (Lipinski definition) is 10. The van der Waals surface area contributed by atoms with Crippen molar-refractivity contribution in [1.82, 2.24) is 9.97 Å². The SMILES string of the molecule is CCN(CC)c1ccc(N=Nc2ncc(-c3cnc(N=Nc4ccc(N(CC)CC)cc4)s3)s2)cc1. The summed E-state index contributed by atoms with van der Waals surface area (Å²) < 4.78 is 0. The van der Waals surface area contributed by atoms with Crippen molar-refractivity contribution in [2.75, 3.05) is 36.0 Å². The van der Waals surface area contributed by atoms with Gasteiger partial charge in [0.05, 0.1) is 21.1 Å². The van der Waals surface area contributed by atoms with Gasteiger partial charge in [-0.25, -0.2) is 9.97 Å². The summed E-state index contributed by atoms with van der Waals surface area (Å²) in [5.74, 6) is 0. The smallest absolute Gasteiger partial charge is 0.230 e. The van der Waals surface area contributed by atoms with Gasteiger partial charge in [-0.15, -0.1) is 20.5 Å². The number of aromatic nitrogens is 2. The zero-order valence-corrected chi connectivity index (χ0v) is 22.6. The van der Waals surface area contributed by atoms with E-state index in [-0.39, 0.29) is 0 Å². The molecule has 0 fully saturated rings. The van der Waals surface area contributed by atoms with Crippen LogP contribution in [0.4, 0.5) is 33.0 Å². The maximum absolute atomic E-state index is 4.39. The molecule has 0 bridgehead atoms. The van der Waals surface area contributed by atoms with Gasteiger partial charge in [-0.3, -0.25) is 0 Å². The van der Waals surface area contributed by atoms with Gasteiger partial charge in [-0.1, -0.05) is 22.7 Å². The zero-order valence-electron chi connectivity index (χ0n) is 21.0. The number of anilines is 2. The molecule has 186 valence electrons. The number of hydrogen-bond donors (Lipinski definition) is 0. The minimum Gasteiger partial charge on any atom is -0.372 e. The summed E-state index contributed by atoms with van der Waals surface area (Å²) in [6, 6.07) is 16.2. The summed E-state index contributed by atoms with van der Waals surface area (Å²) in [4.78, 5) is 15.3. The second-order valence-corrected chi connectivity index (χ2v) is 9.81. The quantitative estimate of drug-likeness (QED) is 0.186. The van der Waals surface area contributed by atoms with Gasteiger partial charge < -0.3 is 9.80 Å². The zero-order chi connectivity index (χ0) is 25.3. The molecule has 4 rings (SSSR count). The first-order valence-corrected chi connectivity index (χ1v) is 13.7. The first-order valence-electron chi connectivity index (χ1n) is 12.1. The van der Waals surface area contributed by atoms with E-state index >= 15 is 0 Å². The molecule has 36 heavy (non-hydrogen) atoms. The van der Waals surface area contributed by atoms with Gasteiger partial charge in [0.1, 0.15) is 0 Å². The fourth-order valence-electron chi connectivity index (χ4n) is 3.69. The monoisotopic (exact) mass is 518 g/mol. The van der Waals surface area contributed by atoms with Crippen LogP contribution in [0.2, 0.25) is 0 Å². The van der Waals surface area contributed by atoms with Crippen molar-refractivity contribution in [2.45, 2.75) is 27.7 Å². The first-order chi connectivity index (χ1) is 17.6. The van der Waals surface area contributed by atoms with Gasteiger partial charge >= 0.3 is 0 Å². The minimum atomic E-state index is 0.600. The third-order valence-electron chi connectivity index (χ3n) is 5.69. The average molecular weight is 519 g/mol. The van der Waals surface area contributed by atoms with Crippen LogP contribution in [0.1, 0.15) is 27.7 Å². The summed E-state index contributed by atoms with van der Waals surface area (Å²) in [7, 11) is 0. The normalized spacial score (nSPS) is 11.6. The lowest BCUT2D eigenvalue weighted by atomic mass is 10.2. The Labute approximate surface area is 220 Å². The van der Waals surface area contributed by atoms with Crippen molar-refractivity contribution in [3.8, 4) is 9.75 Å². The van der Waals surface area contributed by atoms with Gasteiger partial charge in [0.25, 0.3) is 0 Å². The van der Waals surface area contributed by atoms with Gasteiger partial charge in [-0.05, 0) is 76.2 Å². The molecule has 2 aromatic heterocycles. The van der Waals surface area contributed by atoms with Gasteiger partial charge in [0.2, 0.25) is 10.3 Å². The summed E-state index contributed by atoms with van der Waals surface area (Å²) in [5.41, 5.74) is 3.97. The van der Waals surface area contributed by atoms with Crippen molar-refractivity contribution in [3.05, 3.63) is 60.9 Å². The molecular formula is C26H30N8S2. The molecule has 0 saturated heterocycles. The third-order valence-corrected chi connectivity index (χ3v) is 7.65. The van der Waals surface area contributed by atoms with Crippen LogP contribution in [0.3, 0.4) is 0 Å². The van der Waals surface area contributed by atoms with Crippen LogP contribution in [0.25, 0.3) is 9.75 Å². The molecule has 0 saturated carbocycles. The lowest BCUT2D eigenvalue weighted by Crippen LogP contribution is -2.21. The highest BCUT2D eigenvalue weighted by Crippen LogP contribution is 2.37. The highest BCUT2D eigenvalue weighted by molar-refractivity contribution is 7.25. The van der Waals surface area contributed by atoms with E-state index in [4.69, 9.17) is 0 Å². The summed E-state index contributed by atoms with van der Waals surface area (Å²) in [6.45, 7) is 12.5. The second-order valence-electron chi connectivity index (χ2n) is 7.79. The Balaban J connectivity index is 1.38. The Morgan fingerprint density at radius 3 is 1.25 bits per heavy atom. The van der Waals surface area contributed by atoms with E-state index in [1.165, 1.54) is 34.0 Å². The Morgan fingerprint density at radius 1 is 0.556 bits per heavy atom. The number of thiazole rings is 2. The first kappa shape index (κ1) is 25.6. The summed E-state index contributed by atoms with van der Waals surface area (Å²) in [5, 5.41) is 18.5. The largest absolute Gasteiger partial charge is 0.372 e. The Bertz CT molecular complexity index is 1180. The Morgan fingerprint density at radius 2 is 0.917 bits per heavy atom. The minimum absolute atomic E-state index is 0.600. The fourth-order valence-corrected chi connectivity index (χ4v) is 5.22. The van der Waals surface area contributed by atoms with Crippen molar-refractivity contribution in [1.29, 1.82) is 0 Å². The standard InChI is InChI=1S/C26H30N8S2/c1-5-33(6-2)21-13-9-19(10-14-21)29-31-25-27-17-23(35-25)24-18-28-26(36-24)32-30-20-11-15-22(16-12-20)34(7-3)8-4/h9-18H,5-8H2,1-4H3. The van der Waals surface area contributed by atoms with Crippen LogP contribution >= 0.6 is 22.7 Å². The molecule has 2 aromatic carbocycles. The molecule has 0 N–H and O–H groups in total. The molecule has 0 aliphatic heterocycles. The molecule has 0 radical (unpaired) electrons. The van der Waals surface area contributed by atoms with Crippen LogP contribution < -0.4 is 9.80 Å². The molecular weight excluding hydrogens is 488 g/mol. The Kier molecular flexibility index (Phi) is 8.85. The van der Waals surface area contributed by atoms with Gasteiger partial charge in [0.15, 0.2) is 0 Å². The number of benzene rings is 2. The third kappa shape index (κ3) is 6.38. The summed E-state index contributed by atoms with van der Waals surface area (Å²) >= 11 is 2.94. The Hall–Kier alpha value is -3.50. The number of azo groups is 2. The lowest BCUT2D eigenvalue weighted by Gasteiger charge is -2.20. The van der Waals surface area contributed by atoms with Crippen molar-refractivity contribution in [3.63, 3.8) is 0 Å². The number of nitrogens with zero attached hydrogens (tertiary/aromatic N) is 8. The predicted octanol–water partition coefficient (Wildman–Crippen LogP) is 8.79. The second kappa shape index (κ2) is 12.5. The number of rotatable bonds is 11. The van der Waals surface area contributed by atoms with E-state index in [9.17, 15) is 0 Å². The topological polar surface area (TPSA) is 81.7 Å². The molecule has 0 amide bonds. The molecule has 0 spiro atoms. The summed E-state index contributed by atoms with van der Waals surface area (Å²) in [6.07, 6.45) is 3.59. The molecule has 2 heterocycles. The van der Waals surface area contributed by atoms with Crippen molar-refractivity contribution >= 4 is 55.7 Å². The molecule has 0 aliphatic rings. The average Bonchev–Trinajstić information content (AvgIpc) is 3.59.